The Morgan fingerprint density at radius 3 is 2.50 bits per heavy atom. The van der Waals surface area contributed by atoms with Gasteiger partial charge < -0.3 is 5.11 Å². The first-order chi connectivity index (χ1) is 9.44. The van der Waals surface area contributed by atoms with Crippen molar-refractivity contribution < 1.29 is 13.5 Å². The summed E-state index contributed by atoms with van der Waals surface area (Å²) in [5.74, 6) is 0. The van der Waals surface area contributed by atoms with Gasteiger partial charge in [-0.05, 0) is 24.1 Å². The van der Waals surface area contributed by atoms with E-state index in [0.717, 1.165) is 16.9 Å². The Kier molecular flexibility index (Phi) is 4.82. The minimum absolute atomic E-state index is 0.148. The summed E-state index contributed by atoms with van der Waals surface area (Å²) in [7, 11) is -3.70. The van der Waals surface area contributed by atoms with Crippen molar-refractivity contribution in [2.45, 2.75) is 17.2 Å². The van der Waals surface area contributed by atoms with Crippen molar-refractivity contribution in [1.29, 1.82) is 0 Å². The fourth-order valence-corrected chi connectivity index (χ4v) is 4.65. The normalized spacial score (nSPS) is 13.3. The van der Waals surface area contributed by atoms with E-state index >= 15 is 0 Å². The number of rotatable bonds is 5. The lowest BCUT2D eigenvalue weighted by Crippen LogP contribution is -2.30. The molecule has 1 heterocycles. The van der Waals surface area contributed by atoms with Gasteiger partial charge >= 0.3 is 0 Å². The lowest BCUT2D eigenvalue weighted by molar-refractivity contribution is 0.259. The lowest BCUT2D eigenvalue weighted by atomic mass is 10.1. The highest BCUT2D eigenvalue weighted by molar-refractivity contribution is 7.91. The van der Waals surface area contributed by atoms with Gasteiger partial charge in [-0.2, -0.15) is 0 Å². The molecule has 2 aromatic rings. The van der Waals surface area contributed by atoms with Crippen molar-refractivity contribution in [3.8, 4) is 0 Å². The minimum Gasteiger partial charge on any atom is -0.394 e. The summed E-state index contributed by atoms with van der Waals surface area (Å²) in [5, 5.41) is 9.40. The lowest BCUT2D eigenvalue weighted by Gasteiger charge is -2.16. The van der Waals surface area contributed by atoms with Crippen LogP contribution in [0.1, 0.15) is 17.2 Å². The number of sulfonamides is 1. The summed E-state index contributed by atoms with van der Waals surface area (Å²) < 4.78 is 27.6. The molecule has 2 N–H and O–H groups in total. The van der Waals surface area contributed by atoms with Crippen molar-refractivity contribution in [3.05, 3.63) is 51.9 Å². The van der Waals surface area contributed by atoms with Crippen LogP contribution in [-0.4, -0.2) is 20.1 Å². The Morgan fingerprint density at radius 1 is 1.35 bits per heavy atom. The highest BCUT2D eigenvalue weighted by Crippen LogP contribution is 2.30. The van der Waals surface area contributed by atoms with E-state index in [0.29, 0.717) is 9.90 Å². The molecule has 1 unspecified atom stereocenters. The number of thiophene rings is 1. The van der Waals surface area contributed by atoms with Gasteiger partial charge in [0.2, 0.25) is 0 Å². The summed E-state index contributed by atoms with van der Waals surface area (Å²) in [6.07, 6.45) is 0. The quantitative estimate of drug-likeness (QED) is 0.885. The Balaban J connectivity index is 2.27. The number of halogens is 1. The van der Waals surface area contributed by atoms with Crippen molar-refractivity contribution >= 4 is 33.0 Å². The monoisotopic (exact) mass is 331 g/mol. The Bertz CT molecular complexity index is 663. The van der Waals surface area contributed by atoms with E-state index < -0.39 is 16.1 Å². The first kappa shape index (κ1) is 15.5. The molecule has 1 atom stereocenters. The van der Waals surface area contributed by atoms with Gasteiger partial charge in [-0.3, -0.25) is 0 Å². The van der Waals surface area contributed by atoms with Crippen LogP contribution in [0.25, 0.3) is 0 Å². The average Bonchev–Trinajstić information content (AvgIpc) is 2.78. The highest BCUT2D eigenvalue weighted by atomic mass is 35.5. The number of nitrogens with one attached hydrogen (secondary N) is 1. The number of aliphatic hydroxyl groups is 1. The highest BCUT2D eigenvalue weighted by Gasteiger charge is 2.23. The predicted molar refractivity (Wildman–Crippen MR) is 80.7 cm³/mol. The van der Waals surface area contributed by atoms with Crippen molar-refractivity contribution in [1.82, 2.24) is 4.72 Å². The Hall–Kier alpha value is -0.920. The summed E-state index contributed by atoms with van der Waals surface area (Å²) >= 11 is 6.90. The van der Waals surface area contributed by atoms with E-state index in [1.54, 1.807) is 31.2 Å². The maximum atomic E-state index is 12.3. The molecule has 0 saturated carbocycles. The second-order valence-electron chi connectivity index (χ2n) is 4.29. The number of hydrogen-bond donors (Lipinski definition) is 2. The number of hydrogen-bond acceptors (Lipinski definition) is 4. The van der Waals surface area contributed by atoms with Gasteiger partial charge in [0.25, 0.3) is 10.0 Å². The minimum atomic E-state index is -3.70. The van der Waals surface area contributed by atoms with E-state index in [4.69, 9.17) is 11.6 Å². The van der Waals surface area contributed by atoms with Gasteiger partial charge in [-0.25, -0.2) is 13.1 Å². The third-order valence-electron chi connectivity index (χ3n) is 2.78. The first-order valence-corrected chi connectivity index (χ1v) is 8.56. The molecule has 0 fully saturated rings. The molecule has 2 rings (SSSR count). The van der Waals surface area contributed by atoms with Gasteiger partial charge in [0.1, 0.15) is 4.21 Å². The van der Waals surface area contributed by atoms with Crippen LogP contribution in [0.5, 0.6) is 0 Å². The van der Waals surface area contributed by atoms with Crippen LogP contribution >= 0.6 is 22.9 Å². The van der Waals surface area contributed by atoms with Crippen LogP contribution in [0.15, 0.2) is 40.6 Å². The molecule has 0 bridgehead atoms. The SMILES string of the molecule is Cc1cc(S(=O)(=O)NC(CO)c2ccccc2)sc1Cl. The summed E-state index contributed by atoms with van der Waals surface area (Å²) in [6, 6.07) is 9.77. The van der Waals surface area contributed by atoms with Crippen molar-refractivity contribution in [3.63, 3.8) is 0 Å². The number of benzene rings is 1. The third-order valence-corrected chi connectivity index (χ3v) is 6.28. The zero-order valence-corrected chi connectivity index (χ0v) is 13.1. The summed E-state index contributed by atoms with van der Waals surface area (Å²) in [4.78, 5) is 0. The van der Waals surface area contributed by atoms with E-state index in [1.165, 1.54) is 6.07 Å². The summed E-state index contributed by atoms with van der Waals surface area (Å²) in [6.45, 7) is 1.43. The molecule has 0 aliphatic carbocycles. The molecular weight excluding hydrogens is 318 g/mol. The molecular formula is C13H14ClNO3S2. The van der Waals surface area contributed by atoms with E-state index in [1.807, 2.05) is 6.07 Å². The van der Waals surface area contributed by atoms with Crippen LogP contribution in [0.2, 0.25) is 4.34 Å². The standard InChI is InChI=1S/C13H14ClNO3S2/c1-9-7-12(19-13(9)14)20(17,18)15-11(8-16)10-5-3-2-4-6-10/h2-7,11,15-16H,8H2,1H3. The van der Waals surface area contributed by atoms with Gasteiger partial charge in [-0.15, -0.1) is 11.3 Å². The number of aryl methyl sites for hydroxylation is 1. The zero-order chi connectivity index (χ0) is 14.8. The number of aliphatic hydroxyl groups excluding tert-OH is 1. The Morgan fingerprint density at radius 2 is 2.00 bits per heavy atom. The Labute approximate surface area is 127 Å². The molecule has 0 radical (unpaired) electrons. The van der Waals surface area contributed by atoms with Gasteiger partial charge in [0.15, 0.2) is 0 Å². The molecule has 4 nitrogen and oxygen atoms in total. The molecule has 0 aliphatic heterocycles. The molecule has 0 saturated heterocycles. The van der Waals surface area contributed by atoms with Crippen molar-refractivity contribution in [2.24, 2.45) is 0 Å². The fourth-order valence-electron chi connectivity index (χ4n) is 1.71. The zero-order valence-electron chi connectivity index (χ0n) is 10.7. The molecule has 1 aromatic carbocycles. The van der Waals surface area contributed by atoms with Gasteiger partial charge in [-0.1, -0.05) is 41.9 Å². The largest absolute Gasteiger partial charge is 0.394 e. The second-order valence-corrected chi connectivity index (χ2v) is 7.88. The maximum Gasteiger partial charge on any atom is 0.250 e. The molecule has 0 amide bonds. The topological polar surface area (TPSA) is 66.4 Å². The van der Waals surface area contributed by atoms with Gasteiger partial charge in [0.05, 0.1) is 17.0 Å². The van der Waals surface area contributed by atoms with Crippen LogP contribution in [0.3, 0.4) is 0 Å². The van der Waals surface area contributed by atoms with Crippen LogP contribution in [0, 0.1) is 6.92 Å². The fraction of sp³-hybridized carbons (Fsp3) is 0.231. The molecule has 108 valence electrons. The second kappa shape index (κ2) is 6.24. The van der Waals surface area contributed by atoms with Crippen molar-refractivity contribution in [2.75, 3.05) is 6.61 Å². The molecule has 20 heavy (non-hydrogen) atoms. The average molecular weight is 332 g/mol. The third kappa shape index (κ3) is 3.39. The van der Waals surface area contributed by atoms with Gasteiger partial charge in [0, 0.05) is 0 Å². The molecule has 0 aliphatic rings. The molecule has 1 aromatic heterocycles. The first-order valence-electron chi connectivity index (χ1n) is 5.88. The summed E-state index contributed by atoms with van der Waals surface area (Å²) in [5.41, 5.74) is 1.43. The van der Waals surface area contributed by atoms with Crippen LogP contribution in [0.4, 0.5) is 0 Å². The van der Waals surface area contributed by atoms with E-state index in [9.17, 15) is 13.5 Å². The molecule has 0 spiro atoms. The smallest absolute Gasteiger partial charge is 0.250 e. The van der Waals surface area contributed by atoms with Crippen LogP contribution in [-0.2, 0) is 10.0 Å². The van der Waals surface area contributed by atoms with Crippen LogP contribution < -0.4 is 4.72 Å². The van der Waals surface area contributed by atoms with E-state index in [2.05, 4.69) is 4.72 Å². The predicted octanol–water partition coefficient (Wildman–Crippen LogP) is 2.72. The molecule has 7 heteroatoms. The maximum absolute atomic E-state index is 12.3. The van der Waals surface area contributed by atoms with E-state index in [-0.39, 0.29) is 10.8 Å².